The average molecular weight is 367 g/mol. The van der Waals surface area contributed by atoms with Crippen molar-refractivity contribution in [2.45, 2.75) is 27.3 Å². The zero-order valence-electron chi connectivity index (χ0n) is 12.4. The predicted octanol–water partition coefficient (Wildman–Crippen LogP) is 3.12. The van der Waals surface area contributed by atoms with Gasteiger partial charge in [-0.1, -0.05) is 18.2 Å². The summed E-state index contributed by atoms with van der Waals surface area (Å²) in [6, 6.07) is 5.73. The molecule has 0 fully saturated rings. The molecule has 0 aliphatic rings. The SMILES string of the molecule is Cc1cccc(C)c1NC(=O)Cn1nc([N+](=O)[O-])c(Br)c1C. The number of carbonyl (C=O) groups is 1. The second-order valence-electron chi connectivity index (χ2n) is 4.95. The number of carbonyl (C=O) groups excluding carboxylic acids is 1. The zero-order chi connectivity index (χ0) is 16.4. The number of aryl methyl sites for hydroxylation is 2. The highest BCUT2D eigenvalue weighted by Crippen LogP contribution is 2.27. The average Bonchev–Trinajstić information content (AvgIpc) is 2.71. The van der Waals surface area contributed by atoms with Crippen LogP contribution in [0.2, 0.25) is 0 Å². The van der Waals surface area contributed by atoms with E-state index in [9.17, 15) is 14.9 Å². The molecule has 0 saturated carbocycles. The van der Waals surface area contributed by atoms with Crippen LogP contribution in [0.15, 0.2) is 22.7 Å². The van der Waals surface area contributed by atoms with Gasteiger partial charge < -0.3 is 15.4 Å². The van der Waals surface area contributed by atoms with Crippen LogP contribution >= 0.6 is 15.9 Å². The van der Waals surface area contributed by atoms with E-state index in [1.807, 2.05) is 32.0 Å². The number of aromatic nitrogens is 2. The van der Waals surface area contributed by atoms with E-state index in [1.54, 1.807) is 6.92 Å². The third kappa shape index (κ3) is 3.16. The quantitative estimate of drug-likeness (QED) is 0.664. The van der Waals surface area contributed by atoms with Gasteiger partial charge in [0.15, 0.2) is 0 Å². The molecule has 2 aromatic rings. The molecule has 1 aromatic carbocycles. The van der Waals surface area contributed by atoms with Crippen molar-refractivity contribution in [2.75, 3.05) is 5.32 Å². The van der Waals surface area contributed by atoms with Crippen molar-refractivity contribution >= 4 is 33.3 Å². The van der Waals surface area contributed by atoms with Gasteiger partial charge in [0.25, 0.3) is 0 Å². The number of para-hydroxylation sites is 1. The highest BCUT2D eigenvalue weighted by atomic mass is 79.9. The molecule has 1 aromatic heterocycles. The number of anilines is 1. The third-order valence-corrected chi connectivity index (χ3v) is 4.26. The molecule has 8 heteroatoms. The highest BCUT2D eigenvalue weighted by Gasteiger charge is 2.24. The monoisotopic (exact) mass is 366 g/mol. The summed E-state index contributed by atoms with van der Waals surface area (Å²) in [5, 5.41) is 17.5. The van der Waals surface area contributed by atoms with E-state index >= 15 is 0 Å². The number of nitro groups is 1. The van der Waals surface area contributed by atoms with Gasteiger partial charge in [0.2, 0.25) is 5.91 Å². The van der Waals surface area contributed by atoms with Crippen LogP contribution in [0.5, 0.6) is 0 Å². The second kappa shape index (κ2) is 6.27. The van der Waals surface area contributed by atoms with E-state index in [0.29, 0.717) is 5.69 Å². The summed E-state index contributed by atoms with van der Waals surface area (Å²) >= 11 is 3.12. The summed E-state index contributed by atoms with van der Waals surface area (Å²) in [4.78, 5) is 22.4. The summed E-state index contributed by atoms with van der Waals surface area (Å²) in [5.41, 5.74) is 3.20. The van der Waals surface area contributed by atoms with Crippen molar-refractivity contribution < 1.29 is 9.72 Å². The lowest BCUT2D eigenvalue weighted by molar-refractivity contribution is -0.390. The molecule has 0 radical (unpaired) electrons. The molecule has 1 amide bonds. The Balaban J connectivity index is 2.20. The Morgan fingerprint density at radius 2 is 1.95 bits per heavy atom. The van der Waals surface area contributed by atoms with Crippen LogP contribution in [0, 0.1) is 30.9 Å². The van der Waals surface area contributed by atoms with Gasteiger partial charge in [0, 0.05) is 5.69 Å². The van der Waals surface area contributed by atoms with Gasteiger partial charge in [-0.05, 0) is 52.8 Å². The molecule has 0 atom stereocenters. The third-order valence-electron chi connectivity index (χ3n) is 3.33. The van der Waals surface area contributed by atoms with E-state index < -0.39 is 4.92 Å². The van der Waals surface area contributed by atoms with Crippen LogP contribution in [0.25, 0.3) is 0 Å². The number of nitrogens with one attached hydrogen (secondary N) is 1. The number of hydrogen-bond donors (Lipinski definition) is 1. The Bertz CT molecular complexity index is 735. The zero-order valence-corrected chi connectivity index (χ0v) is 14.0. The summed E-state index contributed by atoms with van der Waals surface area (Å²) in [5.74, 6) is -0.581. The second-order valence-corrected chi connectivity index (χ2v) is 5.75. The lowest BCUT2D eigenvalue weighted by Crippen LogP contribution is -2.21. The molecular weight excluding hydrogens is 352 g/mol. The number of amides is 1. The Kier molecular flexibility index (Phi) is 4.60. The molecule has 1 N–H and O–H groups in total. The Labute approximate surface area is 135 Å². The lowest BCUT2D eigenvalue weighted by atomic mass is 10.1. The fourth-order valence-electron chi connectivity index (χ4n) is 2.11. The fourth-order valence-corrected chi connectivity index (χ4v) is 2.53. The number of rotatable bonds is 4. The van der Waals surface area contributed by atoms with Gasteiger partial charge in [-0.3, -0.25) is 4.79 Å². The van der Waals surface area contributed by atoms with E-state index in [4.69, 9.17) is 0 Å². The molecule has 2 rings (SSSR count). The van der Waals surface area contributed by atoms with Gasteiger partial charge in [0.1, 0.15) is 11.0 Å². The van der Waals surface area contributed by atoms with Crippen LogP contribution in [-0.4, -0.2) is 20.6 Å². The maximum Gasteiger partial charge on any atom is 0.404 e. The van der Waals surface area contributed by atoms with Crippen molar-refractivity contribution in [3.63, 3.8) is 0 Å². The van der Waals surface area contributed by atoms with Crippen LogP contribution in [-0.2, 0) is 11.3 Å². The standard InChI is InChI=1S/C14H15BrN4O3/c1-8-5-4-6-9(2)13(8)16-11(20)7-18-10(3)12(15)14(17-18)19(21)22/h4-6H,7H2,1-3H3,(H,16,20). The van der Waals surface area contributed by atoms with Crippen molar-refractivity contribution in [3.05, 3.63) is 49.6 Å². The molecule has 0 aliphatic carbocycles. The van der Waals surface area contributed by atoms with Crippen LogP contribution in [0.3, 0.4) is 0 Å². The number of halogens is 1. The maximum atomic E-state index is 12.2. The first-order chi connectivity index (χ1) is 10.3. The van der Waals surface area contributed by atoms with E-state index in [1.165, 1.54) is 4.68 Å². The number of hydrogen-bond acceptors (Lipinski definition) is 4. The molecule has 0 unspecified atom stereocenters. The lowest BCUT2D eigenvalue weighted by Gasteiger charge is -2.11. The number of nitrogens with zero attached hydrogens (tertiary/aromatic N) is 3. The van der Waals surface area contributed by atoms with Crippen molar-refractivity contribution in [2.24, 2.45) is 0 Å². The van der Waals surface area contributed by atoms with E-state index in [2.05, 4.69) is 26.3 Å². The first kappa shape index (κ1) is 16.2. The van der Waals surface area contributed by atoms with Crippen LogP contribution < -0.4 is 5.32 Å². The minimum Gasteiger partial charge on any atom is -0.358 e. The molecule has 0 saturated heterocycles. The van der Waals surface area contributed by atoms with Crippen LogP contribution in [0.1, 0.15) is 16.8 Å². The first-order valence-corrected chi connectivity index (χ1v) is 7.34. The Morgan fingerprint density at radius 1 is 1.36 bits per heavy atom. The summed E-state index contributed by atoms with van der Waals surface area (Å²) < 4.78 is 1.60. The van der Waals surface area contributed by atoms with Gasteiger partial charge >= 0.3 is 5.82 Å². The van der Waals surface area contributed by atoms with Crippen molar-refractivity contribution in [1.82, 2.24) is 9.78 Å². The van der Waals surface area contributed by atoms with Crippen LogP contribution in [0.4, 0.5) is 11.5 Å². The highest BCUT2D eigenvalue weighted by molar-refractivity contribution is 9.10. The summed E-state index contributed by atoms with van der Waals surface area (Å²) in [6.07, 6.45) is 0. The van der Waals surface area contributed by atoms with E-state index in [-0.39, 0.29) is 22.7 Å². The summed E-state index contributed by atoms with van der Waals surface area (Å²) in [6.45, 7) is 5.38. The van der Waals surface area contributed by atoms with Gasteiger partial charge in [-0.25, -0.2) is 0 Å². The predicted molar refractivity (Wildman–Crippen MR) is 85.9 cm³/mol. The fraction of sp³-hybridized carbons (Fsp3) is 0.286. The van der Waals surface area contributed by atoms with Gasteiger partial charge in [-0.15, -0.1) is 0 Å². The normalized spacial score (nSPS) is 10.5. The van der Waals surface area contributed by atoms with Crippen molar-refractivity contribution in [1.29, 1.82) is 0 Å². The van der Waals surface area contributed by atoms with Gasteiger partial charge in [-0.2, -0.15) is 4.68 Å². The van der Waals surface area contributed by atoms with E-state index in [0.717, 1.165) is 16.8 Å². The van der Waals surface area contributed by atoms with Gasteiger partial charge in [0.05, 0.1) is 10.8 Å². The molecule has 0 bridgehead atoms. The molecule has 0 spiro atoms. The minimum absolute atomic E-state index is 0.0912. The molecule has 22 heavy (non-hydrogen) atoms. The van der Waals surface area contributed by atoms with Crippen molar-refractivity contribution in [3.8, 4) is 0 Å². The smallest absolute Gasteiger partial charge is 0.358 e. The number of benzene rings is 1. The topological polar surface area (TPSA) is 90.1 Å². The first-order valence-electron chi connectivity index (χ1n) is 6.54. The Hall–Kier alpha value is -2.22. The molecule has 7 nitrogen and oxygen atoms in total. The summed E-state index contributed by atoms with van der Waals surface area (Å²) in [7, 11) is 0. The minimum atomic E-state index is -0.586. The molecule has 0 aliphatic heterocycles. The molecule has 1 heterocycles. The molecule has 116 valence electrons. The Morgan fingerprint density at radius 3 is 2.45 bits per heavy atom. The maximum absolute atomic E-state index is 12.2. The molecular formula is C14H15BrN4O3. The largest absolute Gasteiger partial charge is 0.404 e.